The molecule has 0 spiro atoms. The van der Waals surface area contributed by atoms with Crippen molar-refractivity contribution in [2.75, 3.05) is 7.11 Å². The van der Waals surface area contributed by atoms with Crippen LogP contribution in [0, 0.1) is 5.92 Å². The number of carbonyl (C=O) groups is 1. The third-order valence-electron chi connectivity index (χ3n) is 6.07. The molecule has 194 valence electrons. The number of benzene rings is 1. The van der Waals surface area contributed by atoms with Gasteiger partial charge in [-0.05, 0) is 87.4 Å². The molecule has 1 aliphatic rings. The maximum Gasteiger partial charge on any atom is 0.262 e. The van der Waals surface area contributed by atoms with Crippen molar-refractivity contribution in [3.8, 4) is 5.75 Å². The molecule has 1 aromatic carbocycles. The lowest BCUT2D eigenvalue weighted by atomic mass is 9.82. The average molecular weight is 528 g/mol. The summed E-state index contributed by atoms with van der Waals surface area (Å²) < 4.78 is 39.9. The smallest absolute Gasteiger partial charge is 0.262 e. The van der Waals surface area contributed by atoms with E-state index in [1.165, 1.54) is 23.5 Å². The van der Waals surface area contributed by atoms with Gasteiger partial charge in [-0.3, -0.25) is 15.0 Å². The Kier molecular flexibility index (Phi) is 10.9. The van der Waals surface area contributed by atoms with E-state index in [0.717, 1.165) is 0 Å². The standard InChI is InChI=1S/C24H33N3O6S.ClH/c1-17(2)33-21-6-4-19(5-7-21)23(24(28)26-29)27(16-18-12-14-25-15-13-18)34(30,31)22-10-8-20(32-3)9-11-22;/h8-15,17,19,21,23,29H,4-7,16H2,1-3H3,(H,26,28);1H/t19-,21-,23?;. The van der Waals surface area contributed by atoms with Crippen LogP contribution in [0.15, 0.2) is 53.7 Å². The maximum atomic E-state index is 13.8. The second-order valence-electron chi connectivity index (χ2n) is 8.72. The molecular formula is C24H34ClN3O6S. The highest BCUT2D eigenvalue weighted by atomic mass is 35.5. The van der Waals surface area contributed by atoms with Crippen LogP contribution in [0.3, 0.4) is 0 Å². The van der Waals surface area contributed by atoms with Crippen molar-refractivity contribution >= 4 is 28.3 Å². The summed E-state index contributed by atoms with van der Waals surface area (Å²) in [5.41, 5.74) is 2.39. The molecule has 1 aromatic heterocycles. The van der Waals surface area contributed by atoms with Crippen molar-refractivity contribution in [3.05, 3.63) is 54.4 Å². The fraction of sp³-hybridized carbons (Fsp3) is 0.500. The van der Waals surface area contributed by atoms with Crippen molar-refractivity contribution in [2.45, 2.75) is 69.2 Å². The van der Waals surface area contributed by atoms with Crippen LogP contribution in [0.2, 0.25) is 0 Å². The monoisotopic (exact) mass is 527 g/mol. The summed E-state index contributed by atoms with van der Waals surface area (Å²) >= 11 is 0. The van der Waals surface area contributed by atoms with Crippen LogP contribution in [0.4, 0.5) is 0 Å². The summed E-state index contributed by atoms with van der Waals surface area (Å²) in [7, 11) is -2.61. The van der Waals surface area contributed by atoms with Gasteiger partial charge in [-0.25, -0.2) is 13.9 Å². The van der Waals surface area contributed by atoms with E-state index in [1.807, 2.05) is 13.8 Å². The summed E-state index contributed by atoms with van der Waals surface area (Å²) in [4.78, 5) is 17.0. The van der Waals surface area contributed by atoms with Gasteiger partial charge in [0.05, 0.1) is 24.2 Å². The fourth-order valence-electron chi connectivity index (χ4n) is 4.46. The maximum absolute atomic E-state index is 13.8. The molecule has 1 atom stereocenters. The molecule has 1 aliphatic carbocycles. The van der Waals surface area contributed by atoms with Gasteiger partial charge in [-0.1, -0.05) is 0 Å². The Morgan fingerprint density at radius 2 is 1.71 bits per heavy atom. The number of hydrogen-bond acceptors (Lipinski definition) is 7. The van der Waals surface area contributed by atoms with Gasteiger partial charge in [0.25, 0.3) is 5.91 Å². The van der Waals surface area contributed by atoms with Crippen LogP contribution in [-0.2, 0) is 26.1 Å². The molecule has 2 aromatic rings. The molecule has 1 amide bonds. The quantitative estimate of drug-likeness (QED) is 0.358. The first kappa shape index (κ1) is 29.0. The number of hydrogen-bond donors (Lipinski definition) is 2. The molecule has 0 radical (unpaired) electrons. The zero-order valence-corrected chi connectivity index (χ0v) is 21.8. The number of aromatic nitrogens is 1. The van der Waals surface area contributed by atoms with Gasteiger partial charge in [0, 0.05) is 18.9 Å². The highest BCUT2D eigenvalue weighted by Gasteiger charge is 2.42. The normalized spacial score (nSPS) is 19.1. The predicted molar refractivity (Wildman–Crippen MR) is 133 cm³/mol. The number of nitrogens with one attached hydrogen (secondary N) is 1. The zero-order valence-electron chi connectivity index (χ0n) is 20.2. The third-order valence-corrected chi connectivity index (χ3v) is 7.91. The van der Waals surface area contributed by atoms with Crippen LogP contribution in [0.5, 0.6) is 5.75 Å². The first-order chi connectivity index (χ1) is 16.3. The van der Waals surface area contributed by atoms with Gasteiger partial charge in [0.15, 0.2) is 0 Å². The van der Waals surface area contributed by atoms with Crippen molar-refractivity contribution in [1.29, 1.82) is 0 Å². The molecule has 0 aliphatic heterocycles. The van der Waals surface area contributed by atoms with Crippen LogP contribution >= 0.6 is 12.4 Å². The van der Waals surface area contributed by atoms with E-state index in [1.54, 1.807) is 42.1 Å². The number of halogens is 1. The molecule has 1 unspecified atom stereocenters. The van der Waals surface area contributed by atoms with Crippen molar-refractivity contribution < 1.29 is 27.9 Å². The number of sulfonamides is 1. The molecule has 0 bridgehead atoms. The van der Waals surface area contributed by atoms with Crippen LogP contribution in [-0.4, -0.2) is 54.2 Å². The minimum atomic E-state index is -4.11. The fourth-order valence-corrected chi connectivity index (χ4v) is 6.09. The summed E-state index contributed by atoms with van der Waals surface area (Å²) in [5.74, 6) is -0.513. The number of methoxy groups -OCH3 is 1. The number of hydroxylamine groups is 1. The summed E-state index contributed by atoms with van der Waals surface area (Å²) in [6, 6.07) is 8.35. The largest absolute Gasteiger partial charge is 0.497 e. The minimum absolute atomic E-state index is 0. The number of pyridine rings is 1. The summed E-state index contributed by atoms with van der Waals surface area (Å²) in [6.07, 6.45) is 5.93. The second kappa shape index (κ2) is 13.2. The second-order valence-corrected chi connectivity index (χ2v) is 10.6. The highest BCUT2D eigenvalue weighted by molar-refractivity contribution is 7.89. The lowest BCUT2D eigenvalue weighted by molar-refractivity contribution is -0.136. The van der Waals surface area contributed by atoms with E-state index in [0.29, 0.717) is 37.0 Å². The molecule has 2 N–H and O–H groups in total. The van der Waals surface area contributed by atoms with Gasteiger partial charge >= 0.3 is 0 Å². The Labute approximate surface area is 213 Å². The molecule has 1 fully saturated rings. The Balaban J connectivity index is 0.00000432. The first-order valence-electron chi connectivity index (χ1n) is 11.4. The van der Waals surface area contributed by atoms with Crippen LogP contribution < -0.4 is 10.2 Å². The van der Waals surface area contributed by atoms with Crippen molar-refractivity contribution in [1.82, 2.24) is 14.8 Å². The van der Waals surface area contributed by atoms with E-state index < -0.39 is 22.0 Å². The Morgan fingerprint density at radius 1 is 1.11 bits per heavy atom. The van der Waals surface area contributed by atoms with Gasteiger partial charge in [-0.15, -0.1) is 12.4 Å². The first-order valence-corrected chi connectivity index (χ1v) is 12.8. The molecule has 0 saturated heterocycles. The zero-order chi connectivity index (χ0) is 24.7. The average Bonchev–Trinajstić information content (AvgIpc) is 2.84. The van der Waals surface area contributed by atoms with Gasteiger partial charge in [0.2, 0.25) is 10.0 Å². The molecular weight excluding hydrogens is 494 g/mol. The van der Waals surface area contributed by atoms with E-state index in [-0.39, 0.29) is 42.0 Å². The highest BCUT2D eigenvalue weighted by Crippen LogP contribution is 2.35. The number of nitrogens with zero attached hydrogens (tertiary/aromatic N) is 2. The summed E-state index contributed by atoms with van der Waals surface area (Å²) in [6.45, 7) is 3.91. The van der Waals surface area contributed by atoms with E-state index in [9.17, 15) is 18.4 Å². The molecule has 11 heteroatoms. The number of amides is 1. The van der Waals surface area contributed by atoms with Gasteiger partial charge in [-0.2, -0.15) is 4.31 Å². The molecule has 9 nitrogen and oxygen atoms in total. The van der Waals surface area contributed by atoms with Gasteiger partial charge in [0.1, 0.15) is 11.8 Å². The minimum Gasteiger partial charge on any atom is -0.497 e. The molecule has 1 heterocycles. The predicted octanol–water partition coefficient (Wildman–Crippen LogP) is 3.56. The number of carbonyl (C=O) groups excluding carboxylic acids is 1. The number of rotatable bonds is 10. The Bertz CT molecular complexity index is 1030. The van der Waals surface area contributed by atoms with Gasteiger partial charge < -0.3 is 9.47 Å². The molecule has 35 heavy (non-hydrogen) atoms. The topological polar surface area (TPSA) is 118 Å². The van der Waals surface area contributed by atoms with Crippen molar-refractivity contribution in [2.24, 2.45) is 5.92 Å². The lowest BCUT2D eigenvalue weighted by Gasteiger charge is -2.38. The van der Waals surface area contributed by atoms with Crippen molar-refractivity contribution in [3.63, 3.8) is 0 Å². The third kappa shape index (κ3) is 7.37. The SMILES string of the molecule is COc1ccc(S(=O)(=O)N(Cc2ccncc2)C(C(=O)NO)[C@H]2CC[C@H](OC(C)C)CC2)cc1.Cl. The Hall–Kier alpha value is -2.24. The van der Waals surface area contributed by atoms with Crippen LogP contribution in [0.1, 0.15) is 45.1 Å². The lowest BCUT2D eigenvalue weighted by Crippen LogP contribution is -2.53. The Morgan fingerprint density at radius 3 is 2.23 bits per heavy atom. The van der Waals surface area contributed by atoms with E-state index in [4.69, 9.17) is 9.47 Å². The van der Waals surface area contributed by atoms with E-state index >= 15 is 0 Å². The van der Waals surface area contributed by atoms with E-state index in [2.05, 4.69) is 4.98 Å². The summed E-state index contributed by atoms with van der Waals surface area (Å²) in [5, 5.41) is 9.55. The van der Waals surface area contributed by atoms with Crippen LogP contribution in [0.25, 0.3) is 0 Å². The number of ether oxygens (including phenoxy) is 2. The molecule has 1 saturated carbocycles. The molecule has 3 rings (SSSR count).